The van der Waals surface area contributed by atoms with Crippen molar-refractivity contribution in [1.82, 2.24) is 19.8 Å². The Morgan fingerprint density at radius 3 is 2.75 bits per heavy atom. The Balaban J connectivity index is 1.97. The number of likely N-dealkylation sites (tertiary alicyclic amines) is 1. The fourth-order valence-electron chi connectivity index (χ4n) is 2.81. The molecule has 1 atom stereocenters. The standard InChI is InChI=1S/C17H28N4O3/c1-17(2,3)24-16(22)21-10-6-7-13(11-21)20(4)12-14-15(23-5)19-9-8-18-14/h8-9,13H,6-7,10-12H2,1-5H3/t13-/m1/s1. The van der Waals surface area contributed by atoms with Gasteiger partial charge in [-0.25, -0.2) is 9.78 Å². The number of rotatable bonds is 4. The van der Waals surface area contributed by atoms with Gasteiger partial charge in [-0.2, -0.15) is 0 Å². The summed E-state index contributed by atoms with van der Waals surface area (Å²) >= 11 is 0. The minimum Gasteiger partial charge on any atom is -0.480 e. The highest BCUT2D eigenvalue weighted by atomic mass is 16.6. The second-order valence-corrected chi connectivity index (χ2v) is 7.15. The van der Waals surface area contributed by atoms with Crippen LogP contribution in [0, 0.1) is 0 Å². The van der Waals surface area contributed by atoms with Crippen LogP contribution in [0.2, 0.25) is 0 Å². The summed E-state index contributed by atoms with van der Waals surface area (Å²) in [7, 11) is 3.63. The summed E-state index contributed by atoms with van der Waals surface area (Å²) in [6.07, 6.45) is 5.05. The van der Waals surface area contributed by atoms with Gasteiger partial charge in [0.15, 0.2) is 0 Å². The molecule has 24 heavy (non-hydrogen) atoms. The van der Waals surface area contributed by atoms with Gasteiger partial charge in [0.05, 0.1) is 7.11 Å². The zero-order valence-electron chi connectivity index (χ0n) is 15.3. The molecule has 0 saturated carbocycles. The molecule has 7 nitrogen and oxygen atoms in total. The average molecular weight is 336 g/mol. The van der Waals surface area contributed by atoms with Crippen LogP contribution in [0.1, 0.15) is 39.3 Å². The Kier molecular flexibility index (Phi) is 5.99. The van der Waals surface area contributed by atoms with E-state index in [1.807, 2.05) is 27.8 Å². The summed E-state index contributed by atoms with van der Waals surface area (Å²) in [5.41, 5.74) is 0.333. The number of aromatic nitrogens is 2. The quantitative estimate of drug-likeness (QED) is 0.840. The third kappa shape index (κ3) is 5.06. The molecule has 0 spiro atoms. The van der Waals surface area contributed by atoms with Crippen molar-refractivity contribution < 1.29 is 14.3 Å². The van der Waals surface area contributed by atoms with Gasteiger partial charge in [-0.1, -0.05) is 0 Å². The van der Waals surface area contributed by atoms with Crippen LogP contribution in [0.15, 0.2) is 12.4 Å². The molecule has 134 valence electrons. The number of carbonyl (C=O) groups is 1. The lowest BCUT2D eigenvalue weighted by atomic mass is 10.0. The van der Waals surface area contributed by atoms with E-state index < -0.39 is 5.60 Å². The first-order valence-electron chi connectivity index (χ1n) is 8.32. The van der Waals surface area contributed by atoms with Gasteiger partial charge in [0.25, 0.3) is 0 Å². The summed E-state index contributed by atoms with van der Waals surface area (Å²) in [6.45, 7) is 7.70. The largest absolute Gasteiger partial charge is 0.480 e. The molecule has 1 amide bonds. The molecule has 1 aromatic rings. The van der Waals surface area contributed by atoms with Crippen molar-refractivity contribution in [2.75, 3.05) is 27.2 Å². The van der Waals surface area contributed by atoms with Gasteiger partial charge in [0.2, 0.25) is 5.88 Å². The van der Waals surface area contributed by atoms with Gasteiger partial charge in [-0.15, -0.1) is 0 Å². The van der Waals surface area contributed by atoms with Gasteiger partial charge in [-0.05, 0) is 40.7 Å². The molecule has 1 aromatic heterocycles. The zero-order chi connectivity index (χ0) is 17.7. The molecule has 2 rings (SSSR count). The third-order valence-corrected chi connectivity index (χ3v) is 4.00. The minimum atomic E-state index is -0.469. The SMILES string of the molecule is COc1nccnc1CN(C)[C@@H]1CCCN(C(=O)OC(C)(C)C)C1. The maximum Gasteiger partial charge on any atom is 0.410 e. The molecule has 0 N–H and O–H groups in total. The van der Waals surface area contributed by atoms with Crippen molar-refractivity contribution in [2.24, 2.45) is 0 Å². The van der Waals surface area contributed by atoms with E-state index in [0.29, 0.717) is 19.0 Å². The molecule has 1 aliphatic rings. The molecular formula is C17H28N4O3. The van der Waals surface area contributed by atoms with Crippen molar-refractivity contribution in [3.8, 4) is 5.88 Å². The van der Waals surface area contributed by atoms with Crippen molar-refractivity contribution in [2.45, 2.75) is 51.8 Å². The number of likely N-dealkylation sites (N-methyl/N-ethyl adjacent to an activating group) is 1. The summed E-state index contributed by atoms with van der Waals surface area (Å²) < 4.78 is 10.7. The van der Waals surface area contributed by atoms with Gasteiger partial charge >= 0.3 is 6.09 Å². The monoisotopic (exact) mass is 336 g/mol. The first kappa shape index (κ1) is 18.4. The second-order valence-electron chi connectivity index (χ2n) is 7.15. The van der Waals surface area contributed by atoms with Gasteiger partial charge in [-0.3, -0.25) is 9.88 Å². The third-order valence-electron chi connectivity index (χ3n) is 4.00. The van der Waals surface area contributed by atoms with Crippen LogP contribution < -0.4 is 4.74 Å². The fourth-order valence-corrected chi connectivity index (χ4v) is 2.81. The number of ether oxygens (including phenoxy) is 2. The van der Waals surface area contributed by atoms with E-state index in [-0.39, 0.29) is 12.1 Å². The highest BCUT2D eigenvalue weighted by Crippen LogP contribution is 2.21. The smallest absolute Gasteiger partial charge is 0.410 e. The fraction of sp³-hybridized carbons (Fsp3) is 0.706. The summed E-state index contributed by atoms with van der Waals surface area (Å²) in [4.78, 5) is 24.8. The molecule has 0 unspecified atom stereocenters. The number of hydrogen-bond acceptors (Lipinski definition) is 6. The molecule has 1 fully saturated rings. The molecule has 0 radical (unpaired) electrons. The van der Waals surface area contributed by atoms with Gasteiger partial charge in [0, 0.05) is 38.1 Å². The van der Waals surface area contributed by atoms with Crippen molar-refractivity contribution >= 4 is 6.09 Å². The van der Waals surface area contributed by atoms with Crippen LogP contribution in [0.4, 0.5) is 4.79 Å². The average Bonchev–Trinajstić information content (AvgIpc) is 2.54. The number of nitrogens with zero attached hydrogens (tertiary/aromatic N) is 4. The highest BCUT2D eigenvalue weighted by Gasteiger charge is 2.29. The molecule has 1 saturated heterocycles. The number of amides is 1. The molecule has 0 aliphatic carbocycles. The predicted molar refractivity (Wildman–Crippen MR) is 90.9 cm³/mol. The van der Waals surface area contributed by atoms with Crippen LogP contribution in [0.5, 0.6) is 5.88 Å². The Hall–Kier alpha value is -1.89. The van der Waals surface area contributed by atoms with E-state index in [2.05, 4.69) is 14.9 Å². The van der Waals surface area contributed by atoms with E-state index in [1.165, 1.54) is 0 Å². The number of carbonyl (C=O) groups excluding carboxylic acids is 1. The van der Waals surface area contributed by atoms with Crippen LogP contribution in [0.3, 0.4) is 0 Å². The molecule has 0 bridgehead atoms. The maximum absolute atomic E-state index is 12.3. The lowest BCUT2D eigenvalue weighted by Crippen LogP contribution is -2.49. The lowest BCUT2D eigenvalue weighted by molar-refractivity contribution is 0.0119. The highest BCUT2D eigenvalue weighted by molar-refractivity contribution is 5.68. The first-order valence-corrected chi connectivity index (χ1v) is 8.32. The Morgan fingerprint density at radius 1 is 1.38 bits per heavy atom. The molecule has 2 heterocycles. The Morgan fingerprint density at radius 2 is 2.08 bits per heavy atom. The normalized spacial score (nSPS) is 18.6. The zero-order valence-corrected chi connectivity index (χ0v) is 15.3. The van der Waals surface area contributed by atoms with E-state index >= 15 is 0 Å². The number of piperidine rings is 1. The van der Waals surface area contributed by atoms with E-state index in [1.54, 1.807) is 24.4 Å². The summed E-state index contributed by atoms with van der Waals surface area (Å²) in [5, 5.41) is 0. The topological polar surface area (TPSA) is 67.8 Å². The van der Waals surface area contributed by atoms with Crippen LogP contribution in [-0.4, -0.2) is 64.8 Å². The van der Waals surface area contributed by atoms with Crippen LogP contribution in [-0.2, 0) is 11.3 Å². The molecule has 7 heteroatoms. The first-order chi connectivity index (χ1) is 11.3. The lowest BCUT2D eigenvalue weighted by Gasteiger charge is -2.38. The van der Waals surface area contributed by atoms with Crippen LogP contribution >= 0.6 is 0 Å². The number of hydrogen-bond donors (Lipinski definition) is 0. The molecule has 1 aliphatic heterocycles. The van der Waals surface area contributed by atoms with Gasteiger partial charge in [0.1, 0.15) is 11.3 Å². The summed E-state index contributed by atoms with van der Waals surface area (Å²) in [6, 6.07) is 0.262. The van der Waals surface area contributed by atoms with Crippen molar-refractivity contribution in [3.63, 3.8) is 0 Å². The van der Waals surface area contributed by atoms with E-state index in [0.717, 1.165) is 25.1 Å². The minimum absolute atomic E-state index is 0.238. The van der Waals surface area contributed by atoms with E-state index in [4.69, 9.17) is 9.47 Å². The Labute approximate surface area is 144 Å². The van der Waals surface area contributed by atoms with Gasteiger partial charge < -0.3 is 14.4 Å². The van der Waals surface area contributed by atoms with Crippen LogP contribution in [0.25, 0.3) is 0 Å². The number of methoxy groups -OCH3 is 1. The molecule has 0 aromatic carbocycles. The second kappa shape index (κ2) is 7.79. The molecular weight excluding hydrogens is 308 g/mol. The van der Waals surface area contributed by atoms with E-state index in [9.17, 15) is 4.79 Å². The van der Waals surface area contributed by atoms with Crippen molar-refractivity contribution in [3.05, 3.63) is 18.1 Å². The summed E-state index contributed by atoms with van der Waals surface area (Å²) in [5.74, 6) is 0.546. The predicted octanol–water partition coefficient (Wildman–Crippen LogP) is 2.32. The van der Waals surface area contributed by atoms with Crippen molar-refractivity contribution in [1.29, 1.82) is 0 Å². The maximum atomic E-state index is 12.3. The Bertz CT molecular complexity index is 559.